The van der Waals surface area contributed by atoms with Crippen molar-refractivity contribution in [3.63, 3.8) is 0 Å². The van der Waals surface area contributed by atoms with Crippen molar-refractivity contribution < 1.29 is 4.79 Å². The molecule has 1 fully saturated rings. The number of aryl methyl sites for hydroxylation is 1. The van der Waals surface area contributed by atoms with Crippen LogP contribution in [0.4, 0.5) is 0 Å². The Hall–Kier alpha value is -1.92. The second kappa shape index (κ2) is 8.97. The zero-order chi connectivity index (χ0) is 17.5. The molecular weight excluding hydrogens is 338 g/mol. The minimum atomic E-state index is 0.0661. The smallest absolute Gasteiger partial charge is 0.220 e. The quantitative estimate of drug-likeness (QED) is 0.785. The number of benzene rings is 1. The summed E-state index contributed by atoms with van der Waals surface area (Å²) in [5, 5.41) is 7.89. The molecule has 1 aromatic heterocycles. The first kappa shape index (κ1) is 17.9. The van der Waals surface area contributed by atoms with Gasteiger partial charge in [0.15, 0.2) is 0 Å². The summed E-state index contributed by atoms with van der Waals surface area (Å²) in [6.07, 6.45) is 6.80. The number of hydrogen-bond donors (Lipinski definition) is 1. The lowest BCUT2D eigenvalue weighted by atomic mass is 10.1. The number of nitrogens with one attached hydrogen (secondary N) is 1. The van der Waals surface area contributed by atoms with E-state index in [2.05, 4.69) is 26.4 Å². The van der Waals surface area contributed by atoms with Gasteiger partial charge in [0.2, 0.25) is 5.91 Å². The van der Waals surface area contributed by atoms with E-state index in [-0.39, 0.29) is 11.9 Å². The number of hydrogen-bond acceptors (Lipinski definition) is 4. The number of carbonyl (C=O) groups excluding carboxylic acids is 1. The lowest BCUT2D eigenvalue weighted by molar-refractivity contribution is -0.121. The number of aromatic nitrogens is 3. The number of amides is 1. The SMILES string of the molecule is O=C(CCCn1cncn1)NCC(c1ccccc1Cl)N1CCCC1. The highest BCUT2D eigenvalue weighted by molar-refractivity contribution is 6.31. The van der Waals surface area contributed by atoms with Crippen molar-refractivity contribution in [1.82, 2.24) is 25.0 Å². The highest BCUT2D eigenvalue weighted by Crippen LogP contribution is 2.29. The molecule has 6 nitrogen and oxygen atoms in total. The molecule has 1 aliphatic rings. The predicted octanol–water partition coefficient (Wildman–Crippen LogP) is 2.67. The molecule has 1 unspecified atom stereocenters. The van der Waals surface area contributed by atoms with Crippen LogP contribution in [0.25, 0.3) is 0 Å². The van der Waals surface area contributed by atoms with Crippen LogP contribution in [0, 0.1) is 0 Å². The van der Waals surface area contributed by atoms with Crippen molar-refractivity contribution in [1.29, 1.82) is 0 Å². The molecule has 134 valence electrons. The molecule has 1 aliphatic heterocycles. The summed E-state index contributed by atoms with van der Waals surface area (Å²) >= 11 is 6.40. The van der Waals surface area contributed by atoms with E-state index < -0.39 is 0 Å². The van der Waals surface area contributed by atoms with Crippen molar-refractivity contribution in [2.45, 2.75) is 38.3 Å². The maximum Gasteiger partial charge on any atom is 0.220 e. The summed E-state index contributed by atoms with van der Waals surface area (Å²) < 4.78 is 1.74. The van der Waals surface area contributed by atoms with Crippen LogP contribution in [0.15, 0.2) is 36.9 Å². The molecule has 1 atom stereocenters. The summed E-state index contributed by atoms with van der Waals surface area (Å²) in [7, 11) is 0. The van der Waals surface area contributed by atoms with Crippen LogP contribution >= 0.6 is 11.6 Å². The number of rotatable bonds is 8. The maximum atomic E-state index is 12.2. The Kier molecular flexibility index (Phi) is 6.42. The summed E-state index contributed by atoms with van der Waals surface area (Å²) in [4.78, 5) is 18.5. The molecule has 3 rings (SSSR count). The van der Waals surface area contributed by atoms with Gasteiger partial charge >= 0.3 is 0 Å². The van der Waals surface area contributed by atoms with Crippen LogP contribution in [-0.4, -0.2) is 45.2 Å². The topological polar surface area (TPSA) is 63.1 Å². The third kappa shape index (κ3) is 5.03. The Bertz CT molecular complexity index is 670. The molecule has 1 aromatic carbocycles. The lowest BCUT2D eigenvalue weighted by Gasteiger charge is -2.29. The first-order valence-electron chi connectivity index (χ1n) is 8.81. The van der Waals surface area contributed by atoms with Gasteiger partial charge in [0, 0.05) is 24.5 Å². The highest BCUT2D eigenvalue weighted by atomic mass is 35.5. The summed E-state index contributed by atoms with van der Waals surface area (Å²) in [6.45, 7) is 3.40. The average molecular weight is 362 g/mol. The van der Waals surface area contributed by atoms with E-state index >= 15 is 0 Å². The third-order valence-corrected chi connectivity index (χ3v) is 4.94. The number of carbonyl (C=O) groups is 1. The molecule has 25 heavy (non-hydrogen) atoms. The average Bonchev–Trinajstić information content (AvgIpc) is 3.30. The van der Waals surface area contributed by atoms with Crippen molar-refractivity contribution in [3.8, 4) is 0 Å². The summed E-state index contributed by atoms with van der Waals surface area (Å²) in [5.41, 5.74) is 1.09. The van der Waals surface area contributed by atoms with Gasteiger partial charge in [0.05, 0.1) is 6.04 Å². The largest absolute Gasteiger partial charge is 0.354 e. The van der Waals surface area contributed by atoms with E-state index in [0.717, 1.165) is 30.1 Å². The third-order valence-electron chi connectivity index (χ3n) is 4.60. The molecule has 1 saturated heterocycles. The zero-order valence-corrected chi connectivity index (χ0v) is 15.0. The molecule has 7 heteroatoms. The highest BCUT2D eigenvalue weighted by Gasteiger charge is 2.25. The molecule has 0 saturated carbocycles. The van der Waals surface area contributed by atoms with Gasteiger partial charge in [0.1, 0.15) is 12.7 Å². The van der Waals surface area contributed by atoms with E-state index in [9.17, 15) is 4.79 Å². The molecule has 0 bridgehead atoms. The monoisotopic (exact) mass is 361 g/mol. The van der Waals surface area contributed by atoms with Gasteiger partial charge in [-0.05, 0) is 44.0 Å². The van der Waals surface area contributed by atoms with Crippen LogP contribution < -0.4 is 5.32 Å². The van der Waals surface area contributed by atoms with Gasteiger partial charge in [-0.2, -0.15) is 5.10 Å². The van der Waals surface area contributed by atoms with Crippen molar-refractivity contribution >= 4 is 17.5 Å². The Morgan fingerprint density at radius 3 is 2.80 bits per heavy atom. The number of likely N-dealkylation sites (tertiary alicyclic amines) is 1. The van der Waals surface area contributed by atoms with Crippen molar-refractivity contribution in [3.05, 3.63) is 47.5 Å². The molecule has 0 aliphatic carbocycles. The van der Waals surface area contributed by atoms with Crippen molar-refractivity contribution in [2.24, 2.45) is 0 Å². The molecule has 0 radical (unpaired) electrons. The Labute approximate surface area is 153 Å². The van der Waals surface area contributed by atoms with Crippen LogP contribution in [0.5, 0.6) is 0 Å². The van der Waals surface area contributed by atoms with Gasteiger partial charge in [-0.15, -0.1) is 0 Å². The van der Waals surface area contributed by atoms with E-state index in [1.807, 2.05) is 18.2 Å². The first-order valence-corrected chi connectivity index (χ1v) is 9.19. The van der Waals surface area contributed by atoms with Gasteiger partial charge in [-0.25, -0.2) is 4.98 Å². The Morgan fingerprint density at radius 2 is 2.08 bits per heavy atom. The predicted molar refractivity (Wildman–Crippen MR) is 97.3 cm³/mol. The van der Waals surface area contributed by atoms with Crippen LogP contribution in [0.1, 0.15) is 37.3 Å². The normalized spacial score (nSPS) is 16.0. The van der Waals surface area contributed by atoms with Gasteiger partial charge in [0.25, 0.3) is 0 Å². The van der Waals surface area contributed by atoms with E-state index in [1.165, 1.54) is 19.2 Å². The minimum absolute atomic E-state index is 0.0661. The number of halogens is 1. The van der Waals surface area contributed by atoms with E-state index in [0.29, 0.717) is 19.5 Å². The summed E-state index contributed by atoms with van der Waals surface area (Å²) in [6, 6.07) is 8.05. The fourth-order valence-electron chi connectivity index (χ4n) is 3.28. The molecule has 2 heterocycles. The van der Waals surface area contributed by atoms with E-state index in [4.69, 9.17) is 11.6 Å². The maximum absolute atomic E-state index is 12.2. The van der Waals surface area contributed by atoms with Crippen LogP contribution in [-0.2, 0) is 11.3 Å². The van der Waals surface area contributed by atoms with Gasteiger partial charge in [-0.3, -0.25) is 14.4 Å². The van der Waals surface area contributed by atoms with Gasteiger partial charge < -0.3 is 5.32 Å². The Morgan fingerprint density at radius 1 is 1.28 bits per heavy atom. The zero-order valence-electron chi connectivity index (χ0n) is 14.3. The molecule has 2 aromatic rings. The van der Waals surface area contributed by atoms with Gasteiger partial charge in [-0.1, -0.05) is 29.8 Å². The van der Waals surface area contributed by atoms with E-state index in [1.54, 1.807) is 11.0 Å². The van der Waals surface area contributed by atoms with Crippen LogP contribution in [0.3, 0.4) is 0 Å². The molecular formula is C18H24ClN5O. The minimum Gasteiger partial charge on any atom is -0.354 e. The van der Waals surface area contributed by atoms with Crippen LogP contribution in [0.2, 0.25) is 5.02 Å². The standard InChI is InChI=1S/C18H24ClN5O/c19-16-7-2-1-6-15(16)17(23-9-3-4-10-23)12-21-18(25)8-5-11-24-14-20-13-22-24/h1-2,6-7,13-14,17H,3-5,8-12H2,(H,21,25). The molecule has 1 amide bonds. The number of nitrogens with zero attached hydrogens (tertiary/aromatic N) is 4. The first-order chi connectivity index (χ1) is 12.2. The fraction of sp³-hybridized carbons (Fsp3) is 0.500. The summed E-state index contributed by atoms with van der Waals surface area (Å²) in [5.74, 6) is 0.0661. The van der Waals surface area contributed by atoms with Crippen molar-refractivity contribution in [2.75, 3.05) is 19.6 Å². The second-order valence-corrected chi connectivity index (χ2v) is 6.75. The molecule has 1 N–H and O–H groups in total. The fourth-order valence-corrected chi connectivity index (χ4v) is 3.54. The Balaban J connectivity index is 1.53. The molecule has 0 spiro atoms. The lowest BCUT2D eigenvalue weighted by Crippen LogP contribution is -2.37. The second-order valence-electron chi connectivity index (χ2n) is 6.35.